The summed E-state index contributed by atoms with van der Waals surface area (Å²) in [5, 5.41) is 0. The van der Waals surface area contributed by atoms with Crippen molar-refractivity contribution < 1.29 is 31.3 Å². The summed E-state index contributed by atoms with van der Waals surface area (Å²) in [4.78, 5) is 34.9. The van der Waals surface area contributed by atoms with E-state index in [2.05, 4.69) is 9.97 Å². The summed E-state index contributed by atoms with van der Waals surface area (Å²) in [7, 11) is 1.61. The average Bonchev–Trinajstić information content (AvgIpc) is 2.97. The minimum Gasteiger partial charge on any atom is -1.00 e. The van der Waals surface area contributed by atoms with Crippen molar-refractivity contribution >= 4 is 11.6 Å². The summed E-state index contributed by atoms with van der Waals surface area (Å²) >= 11 is 0. The Bertz CT molecular complexity index is 1050. The number of imidazole rings is 1. The van der Waals surface area contributed by atoms with Crippen LogP contribution in [-0.2, 0) is 17.8 Å². The van der Waals surface area contributed by atoms with Gasteiger partial charge >= 0.3 is 0 Å². The summed E-state index contributed by atoms with van der Waals surface area (Å²) in [6, 6.07) is 6.95. The third-order valence-corrected chi connectivity index (χ3v) is 4.85. The fourth-order valence-corrected chi connectivity index (χ4v) is 3.54. The molecular formula is C20H19ClN4O3. The lowest BCUT2D eigenvalue weighted by molar-refractivity contribution is -0.696. The van der Waals surface area contributed by atoms with Crippen molar-refractivity contribution in [1.29, 1.82) is 0 Å². The standard InChI is InChI=1S/C20H19N4O3.ClH/c1-13-23(9-10-27-2)17-18(24(13)12-14-11-21-7-8-22-14)20(26)16-6-4-3-5-15(16)19(17)25;/h3-8,11H,9-10,12H2,1-2H3;1H/q+1;/p-1. The molecule has 0 saturated heterocycles. The summed E-state index contributed by atoms with van der Waals surface area (Å²) < 4.78 is 8.92. The Morgan fingerprint density at radius 3 is 2.46 bits per heavy atom. The number of ether oxygens (including phenoxy) is 1. The third-order valence-electron chi connectivity index (χ3n) is 4.85. The van der Waals surface area contributed by atoms with Crippen LogP contribution < -0.4 is 17.0 Å². The van der Waals surface area contributed by atoms with Gasteiger partial charge in [0.25, 0.3) is 5.82 Å². The first-order valence-corrected chi connectivity index (χ1v) is 8.68. The second-order valence-electron chi connectivity index (χ2n) is 6.38. The molecule has 0 saturated carbocycles. The van der Waals surface area contributed by atoms with Crippen molar-refractivity contribution in [1.82, 2.24) is 14.5 Å². The molecule has 4 rings (SSSR count). The van der Waals surface area contributed by atoms with Gasteiger partial charge in [-0.15, -0.1) is 0 Å². The van der Waals surface area contributed by atoms with Gasteiger partial charge in [-0.05, 0) is 0 Å². The highest BCUT2D eigenvalue weighted by Crippen LogP contribution is 2.27. The summed E-state index contributed by atoms with van der Waals surface area (Å²) in [5.41, 5.74) is 2.41. The van der Waals surface area contributed by atoms with Crippen molar-refractivity contribution in [2.75, 3.05) is 13.7 Å². The monoisotopic (exact) mass is 398 g/mol. The van der Waals surface area contributed by atoms with Crippen LogP contribution in [0.25, 0.3) is 0 Å². The second-order valence-corrected chi connectivity index (χ2v) is 6.38. The zero-order chi connectivity index (χ0) is 19.0. The number of halogens is 1. The molecule has 3 aromatic rings. The molecule has 8 heteroatoms. The largest absolute Gasteiger partial charge is 1.00 e. The number of aromatic nitrogens is 4. The zero-order valence-corrected chi connectivity index (χ0v) is 16.3. The maximum absolute atomic E-state index is 13.3. The first kappa shape index (κ1) is 19.9. The van der Waals surface area contributed by atoms with Crippen molar-refractivity contribution in [3.05, 3.63) is 76.9 Å². The van der Waals surface area contributed by atoms with Gasteiger partial charge in [-0.1, -0.05) is 24.3 Å². The number of benzene rings is 1. The number of carbonyl (C=O) groups excluding carboxylic acids is 2. The van der Waals surface area contributed by atoms with Crippen LogP contribution in [0.1, 0.15) is 43.6 Å². The number of hydrogen-bond donors (Lipinski definition) is 0. The normalized spacial score (nSPS) is 12.4. The first-order chi connectivity index (χ1) is 13.1. The maximum atomic E-state index is 13.3. The SMILES string of the molecule is COCCn1c2c([n+](Cc3cnccn3)c1C)C(=O)c1ccccc1C2=O.[Cl-]. The lowest BCUT2D eigenvalue weighted by Crippen LogP contribution is -3.00. The van der Waals surface area contributed by atoms with Gasteiger partial charge in [-0.3, -0.25) is 19.6 Å². The smallest absolute Gasteiger partial charge is 0.254 e. The van der Waals surface area contributed by atoms with Crippen LogP contribution in [-0.4, -0.2) is 39.8 Å². The predicted octanol–water partition coefficient (Wildman–Crippen LogP) is -1.65. The Hall–Kier alpha value is -2.90. The van der Waals surface area contributed by atoms with Crippen LogP contribution in [0.15, 0.2) is 42.9 Å². The van der Waals surface area contributed by atoms with Gasteiger partial charge < -0.3 is 17.1 Å². The number of hydrogen-bond acceptors (Lipinski definition) is 5. The fraction of sp³-hybridized carbons (Fsp3) is 0.250. The van der Waals surface area contributed by atoms with E-state index in [-0.39, 0.29) is 24.0 Å². The Kier molecular flexibility index (Phi) is 5.67. The predicted molar refractivity (Wildman–Crippen MR) is 95.7 cm³/mol. The lowest BCUT2D eigenvalue weighted by atomic mass is 9.90. The molecule has 0 bridgehead atoms. The lowest BCUT2D eigenvalue weighted by Gasteiger charge is -2.12. The summed E-state index contributed by atoms with van der Waals surface area (Å²) in [5.74, 6) is 0.512. The molecule has 28 heavy (non-hydrogen) atoms. The van der Waals surface area contributed by atoms with Crippen molar-refractivity contribution in [2.45, 2.75) is 20.0 Å². The molecule has 0 unspecified atom stereocenters. The molecule has 0 radical (unpaired) electrons. The average molecular weight is 399 g/mol. The van der Waals surface area contributed by atoms with Crippen molar-refractivity contribution in [3.8, 4) is 0 Å². The van der Waals surface area contributed by atoms with Crippen LogP contribution in [0.2, 0.25) is 0 Å². The van der Waals surface area contributed by atoms with Gasteiger partial charge in [0.15, 0.2) is 0 Å². The van der Waals surface area contributed by atoms with Gasteiger partial charge in [0.2, 0.25) is 23.0 Å². The highest BCUT2D eigenvalue weighted by atomic mass is 35.5. The highest BCUT2D eigenvalue weighted by Gasteiger charge is 2.42. The van der Waals surface area contributed by atoms with E-state index in [4.69, 9.17) is 4.74 Å². The molecule has 0 aliphatic heterocycles. The number of carbonyl (C=O) groups is 2. The summed E-state index contributed by atoms with van der Waals surface area (Å²) in [6.45, 7) is 3.19. The Balaban J connectivity index is 0.00000225. The zero-order valence-electron chi connectivity index (χ0n) is 15.6. The van der Waals surface area contributed by atoms with E-state index in [0.717, 1.165) is 11.5 Å². The van der Waals surface area contributed by atoms with E-state index in [9.17, 15) is 9.59 Å². The number of fused-ring (bicyclic) bond motifs is 2. The second kappa shape index (κ2) is 8.00. The van der Waals surface area contributed by atoms with Crippen LogP contribution in [0.3, 0.4) is 0 Å². The number of ketones is 2. The molecule has 144 valence electrons. The summed E-state index contributed by atoms with van der Waals surface area (Å²) in [6.07, 6.45) is 4.88. The quantitative estimate of drug-likeness (QED) is 0.376. The fourth-order valence-electron chi connectivity index (χ4n) is 3.54. The molecule has 0 N–H and O–H groups in total. The Labute approximate surface area is 168 Å². The molecule has 0 atom stereocenters. The van der Waals surface area contributed by atoms with Crippen LogP contribution in [0.5, 0.6) is 0 Å². The molecule has 1 aliphatic carbocycles. The van der Waals surface area contributed by atoms with Gasteiger partial charge in [0.1, 0.15) is 18.8 Å². The van der Waals surface area contributed by atoms with Crippen LogP contribution >= 0.6 is 0 Å². The molecule has 0 amide bonds. The minimum atomic E-state index is -0.150. The Morgan fingerprint density at radius 2 is 1.82 bits per heavy atom. The van der Waals surface area contributed by atoms with Crippen LogP contribution in [0.4, 0.5) is 0 Å². The molecular weight excluding hydrogens is 380 g/mol. The van der Waals surface area contributed by atoms with E-state index in [1.165, 1.54) is 0 Å². The topological polar surface area (TPSA) is 78.0 Å². The van der Waals surface area contributed by atoms with Crippen LogP contribution in [0, 0.1) is 6.92 Å². The molecule has 1 aromatic carbocycles. The third kappa shape index (κ3) is 3.12. The highest BCUT2D eigenvalue weighted by molar-refractivity contribution is 6.26. The van der Waals surface area contributed by atoms with E-state index in [1.54, 1.807) is 50.0 Å². The number of rotatable bonds is 5. The molecule has 2 heterocycles. The van der Waals surface area contributed by atoms with Gasteiger partial charge in [0, 0.05) is 37.6 Å². The molecule has 0 fully saturated rings. The van der Waals surface area contributed by atoms with Gasteiger partial charge in [-0.25, -0.2) is 9.13 Å². The minimum absolute atomic E-state index is 0. The number of nitrogens with zero attached hydrogens (tertiary/aromatic N) is 4. The van der Waals surface area contributed by atoms with Crippen molar-refractivity contribution in [3.63, 3.8) is 0 Å². The molecule has 2 aromatic heterocycles. The molecule has 0 spiro atoms. The van der Waals surface area contributed by atoms with Gasteiger partial charge in [0.05, 0.1) is 12.8 Å². The first-order valence-electron chi connectivity index (χ1n) is 8.68. The number of methoxy groups -OCH3 is 1. The van der Waals surface area contributed by atoms with E-state index in [1.807, 2.05) is 16.1 Å². The van der Waals surface area contributed by atoms with E-state index in [0.29, 0.717) is 42.2 Å². The molecule has 7 nitrogen and oxygen atoms in total. The van der Waals surface area contributed by atoms with Gasteiger partial charge in [-0.2, -0.15) is 0 Å². The Morgan fingerprint density at radius 1 is 1.11 bits per heavy atom. The van der Waals surface area contributed by atoms with Crippen molar-refractivity contribution in [2.24, 2.45) is 0 Å². The maximum Gasteiger partial charge on any atom is 0.254 e. The van der Waals surface area contributed by atoms with E-state index >= 15 is 0 Å². The molecule has 1 aliphatic rings. The van der Waals surface area contributed by atoms with E-state index < -0.39 is 0 Å².